The first-order chi connectivity index (χ1) is 9.92. The van der Waals surface area contributed by atoms with Gasteiger partial charge in [0.1, 0.15) is 10.6 Å². The lowest BCUT2D eigenvalue weighted by atomic mass is 10.1. The van der Waals surface area contributed by atoms with Gasteiger partial charge in [-0.3, -0.25) is 4.79 Å². The Morgan fingerprint density at radius 1 is 1.33 bits per heavy atom. The zero-order valence-electron chi connectivity index (χ0n) is 13.1. The number of carbonyl (C=O) groups excluding carboxylic acids is 1. The lowest BCUT2D eigenvalue weighted by molar-refractivity contribution is 0.0788. The van der Waals surface area contributed by atoms with Gasteiger partial charge in [-0.15, -0.1) is 11.3 Å². The van der Waals surface area contributed by atoms with Crippen LogP contribution in [0, 0.1) is 20.8 Å². The molecule has 0 saturated carbocycles. The number of carbonyl (C=O) groups is 1. The summed E-state index contributed by atoms with van der Waals surface area (Å²) in [6.45, 7) is 6.33. The maximum atomic E-state index is 12.5. The van der Waals surface area contributed by atoms with Crippen LogP contribution in [0.4, 0.5) is 0 Å². The van der Waals surface area contributed by atoms with E-state index >= 15 is 0 Å². The van der Waals surface area contributed by atoms with Gasteiger partial charge in [0.05, 0.1) is 17.8 Å². The summed E-state index contributed by atoms with van der Waals surface area (Å²) in [7, 11) is 3.45. The number of hydrogen-bond donors (Lipinski definition) is 0. The maximum Gasteiger partial charge on any atom is 0.265 e. The number of benzene rings is 1. The molecule has 0 aliphatic rings. The number of aryl methyl sites for hydroxylation is 3. The van der Waals surface area contributed by atoms with E-state index in [2.05, 4.69) is 4.98 Å². The second-order valence-electron chi connectivity index (χ2n) is 5.12. The van der Waals surface area contributed by atoms with Crippen molar-refractivity contribution in [1.29, 1.82) is 0 Å². The van der Waals surface area contributed by atoms with Gasteiger partial charge < -0.3 is 9.64 Å². The number of thiazole rings is 1. The SMILES string of the molecule is COc1ccc(C)cc1CN(C)C(=O)c1sc(C)nc1C. The van der Waals surface area contributed by atoms with Crippen molar-refractivity contribution in [3.63, 3.8) is 0 Å². The van der Waals surface area contributed by atoms with E-state index in [1.807, 2.05) is 39.0 Å². The highest BCUT2D eigenvalue weighted by Crippen LogP contribution is 2.23. The standard InChI is InChI=1S/C16H20N2O2S/c1-10-6-7-14(20-5)13(8-10)9-18(4)16(19)15-11(2)17-12(3)21-15/h6-8H,9H2,1-5H3. The molecule has 0 radical (unpaired) electrons. The Hall–Kier alpha value is -1.88. The summed E-state index contributed by atoms with van der Waals surface area (Å²) >= 11 is 1.44. The van der Waals surface area contributed by atoms with Crippen molar-refractivity contribution >= 4 is 17.2 Å². The van der Waals surface area contributed by atoms with Crippen molar-refractivity contribution in [3.05, 3.63) is 44.9 Å². The Morgan fingerprint density at radius 3 is 2.62 bits per heavy atom. The normalized spacial score (nSPS) is 10.5. The van der Waals surface area contributed by atoms with E-state index in [1.165, 1.54) is 11.3 Å². The molecular formula is C16H20N2O2S. The monoisotopic (exact) mass is 304 g/mol. The Bertz CT molecular complexity index is 664. The lowest BCUT2D eigenvalue weighted by Gasteiger charge is -2.18. The fourth-order valence-electron chi connectivity index (χ4n) is 2.26. The average molecular weight is 304 g/mol. The molecule has 1 aromatic carbocycles. The first kappa shape index (κ1) is 15.5. The number of methoxy groups -OCH3 is 1. The summed E-state index contributed by atoms with van der Waals surface area (Å²) in [4.78, 5) is 19.3. The molecule has 21 heavy (non-hydrogen) atoms. The average Bonchev–Trinajstić information content (AvgIpc) is 2.77. The molecular weight excluding hydrogens is 284 g/mol. The van der Waals surface area contributed by atoms with Crippen LogP contribution < -0.4 is 4.74 Å². The largest absolute Gasteiger partial charge is 0.496 e. The van der Waals surface area contributed by atoms with Gasteiger partial charge in [0.25, 0.3) is 5.91 Å². The molecule has 0 saturated heterocycles. The number of ether oxygens (including phenoxy) is 1. The van der Waals surface area contributed by atoms with E-state index in [-0.39, 0.29) is 5.91 Å². The summed E-state index contributed by atoms with van der Waals surface area (Å²) in [6.07, 6.45) is 0. The molecule has 0 atom stereocenters. The summed E-state index contributed by atoms with van der Waals surface area (Å²) < 4.78 is 5.37. The van der Waals surface area contributed by atoms with Gasteiger partial charge in [0, 0.05) is 19.2 Å². The van der Waals surface area contributed by atoms with Crippen molar-refractivity contribution in [2.24, 2.45) is 0 Å². The Morgan fingerprint density at radius 2 is 2.05 bits per heavy atom. The molecule has 1 amide bonds. The highest BCUT2D eigenvalue weighted by atomic mass is 32.1. The minimum absolute atomic E-state index is 0.00154. The minimum Gasteiger partial charge on any atom is -0.496 e. The molecule has 4 nitrogen and oxygen atoms in total. The first-order valence-corrected chi connectivity index (χ1v) is 7.57. The topological polar surface area (TPSA) is 42.4 Å². The van der Waals surface area contributed by atoms with Gasteiger partial charge >= 0.3 is 0 Å². The fourth-order valence-corrected chi connectivity index (χ4v) is 3.18. The predicted octanol–water partition coefficient (Wildman–Crippen LogP) is 3.35. The van der Waals surface area contributed by atoms with Crippen LogP contribution in [-0.4, -0.2) is 29.9 Å². The smallest absolute Gasteiger partial charge is 0.265 e. The molecule has 0 spiro atoms. The fraction of sp³-hybridized carbons (Fsp3) is 0.375. The van der Waals surface area contributed by atoms with Gasteiger partial charge in [-0.05, 0) is 26.8 Å². The number of aromatic nitrogens is 1. The van der Waals surface area contributed by atoms with Crippen LogP contribution in [0.25, 0.3) is 0 Å². The Kier molecular flexibility index (Phi) is 4.63. The van der Waals surface area contributed by atoms with Crippen LogP contribution in [-0.2, 0) is 6.54 Å². The Labute approximate surface area is 129 Å². The summed E-state index contributed by atoms with van der Waals surface area (Å²) in [6, 6.07) is 5.99. The third kappa shape index (κ3) is 3.42. The lowest BCUT2D eigenvalue weighted by Crippen LogP contribution is -2.26. The van der Waals surface area contributed by atoms with Gasteiger partial charge in [-0.2, -0.15) is 0 Å². The van der Waals surface area contributed by atoms with E-state index < -0.39 is 0 Å². The third-order valence-electron chi connectivity index (χ3n) is 3.29. The second kappa shape index (κ2) is 6.26. The van der Waals surface area contributed by atoms with E-state index in [4.69, 9.17) is 4.74 Å². The van der Waals surface area contributed by atoms with Crippen LogP contribution in [0.1, 0.15) is 31.5 Å². The third-order valence-corrected chi connectivity index (χ3v) is 4.35. The Balaban J connectivity index is 2.21. The molecule has 1 heterocycles. The molecule has 0 aliphatic carbocycles. The van der Waals surface area contributed by atoms with Gasteiger partial charge in [0.15, 0.2) is 0 Å². The molecule has 0 bridgehead atoms. The van der Waals surface area contributed by atoms with Crippen molar-refractivity contribution in [3.8, 4) is 5.75 Å². The van der Waals surface area contributed by atoms with E-state index in [1.54, 1.807) is 19.1 Å². The molecule has 1 aromatic heterocycles. The number of amides is 1. The molecule has 0 unspecified atom stereocenters. The number of rotatable bonds is 4. The van der Waals surface area contributed by atoms with Crippen LogP contribution in [0.5, 0.6) is 5.75 Å². The van der Waals surface area contributed by atoms with E-state index in [9.17, 15) is 4.79 Å². The zero-order chi connectivity index (χ0) is 15.6. The summed E-state index contributed by atoms with van der Waals surface area (Å²) in [5.74, 6) is 0.805. The van der Waals surface area contributed by atoms with E-state index in [0.717, 1.165) is 27.6 Å². The van der Waals surface area contributed by atoms with Gasteiger partial charge in [0.2, 0.25) is 0 Å². The van der Waals surface area contributed by atoms with Gasteiger partial charge in [-0.25, -0.2) is 4.98 Å². The minimum atomic E-state index is 0.00154. The molecule has 0 fully saturated rings. The van der Waals surface area contributed by atoms with Crippen LogP contribution in [0.3, 0.4) is 0 Å². The van der Waals surface area contributed by atoms with Crippen LogP contribution >= 0.6 is 11.3 Å². The van der Waals surface area contributed by atoms with Crippen molar-refractivity contribution in [1.82, 2.24) is 9.88 Å². The maximum absolute atomic E-state index is 12.5. The van der Waals surface area contributed by atoms with Gasteiger partial charge in [-0.1, -0.05) is 17.7 Å². The van der Waals surface area contributed by atoms with Crippen LogP contribution in [0.2, 0.25) is 0 Å². The first-order valence-electron chi connectivity index (χ1n) is 6.75. The quantitative estimate of drug-likeness (QED) is 0.870. The van der Waals surface area contributed by atoms with E-state index in [0.29, 0.717) is 11.4 Å². The number of nitrogens with zero attached hydrogens (tertiary/aromatic N) is 2. The summed E-state index contributed by atoms with van der Waals surface area (Å²) in [5, 5.41) is 0.914. The molecule has 2 rings (SSSR count). The van der Waals surface area contributed by atoms with Crippen molar-refractivity contribution < 1.29 is 9.53 Å². The summed E-state index contributed by atoms with van der Waals surface area (Å²) in [5.41, 5.74) is 2.95. The predicted molar refractivity (Wildman–Crippen MR) is 85.1 cm³/mol. The second-order valence-corrected chi connectivity index (χ2v) is 6.33. The van der Waals surface area contributed by atoms with Crippen LogP contribution in [0.15, 0.2) is 18.2 Å². The highest BCUT2D eigenvalue weighted by molar-refractivity contribution is 7.13. The number of hydrogen-bond acceptors (Lipinski definition) is 4. The molecule has 0 N–H and O–H groups in total. The molecule has 112 valence electrons. The highest BCUT2D eigenvalue weighted by Gasteiger charge is 2.19. The molecule has 2 aromatic rings. The zero-order valence-corrected chi connectivity index (χ0v) is 13.9. The molecule has 5 heteroatoms. The van der Waals surface area contributed by atoms with Crippen molar-refractivity contribution in [2.45, 2.75) is 27.3 Å². The molecule has 0 aliphatic heterocycles. The van der Waals surface area contributed by atoms with Crippen molar-refractivity contribution in [2.75, 3.05) is 14.2 Å².